The molecule has 1 aliphatic heterocycles. The molecule has 1 saturated heterocycles. The van der Waals surface area contributed by atoms with E-state index in [0.717, 1.165) is 11.1 Å². The summed E-state index contributed by atoms with van der Waals surface area (Å²) in [6.07, 6.45) is 2.48. The maximum absolute atomic E-state index is 12.9. The number of nitrogens with one attached hydrogen (secondary N) is 1. The van der Waals surface area contributed by atoms with Crippen LogP contribution in [0.2, 0.25) is 0 Å². The molecule has 2 heterocycles. The highest BCUT2D eigenvalue weighted by molar-refractivity contribution is 7.89. The minimum atomic E-state index is -3.69. The Hall–Kier alpha value is -2.33. The summed E-state index contributed by atoms with van der Waals surface area (Å²) in [4.78, 5) is 18.2. The van der Waals surface area contributed by atoms with Crippen LogP contribution >= 0.6 is 0 Å². The number of benzene rings is 1. The van der Waals surface area contributed by atoms with Crippen LogP contribution in [0.4, 0.5) is 0 Å². The molecule has 3 rings (SSSR count). The van der Waals surface area contributed by atoms with E-state index in [-0.39, 0.29) is 37.0 Å². The van der Waals surface area contributed by atoms with Crippen molar-refractivity contribution in [1.82, 2.24) is 19.5 Å². The fourth-order valence-electron chi connectivity index (χ4n) is 3.21. The van der Waals surface area contributed by atoms with Gasteiger partial charge in [0.1, 0.15) is 0 Å². The van der Waals surface area contributed by atoms with Crippen LogP contribution in [0.5, 0.6) is 0 Å². The first-order chi connectivity index (χ1) is 13.8. The van der Waals surface area contributed by atoms with Gasteiger partial charge in [-0.2, -0.15) is 4.31 Å². The predicted octanol–water partition coefficient (Wildman–Crippen LogP) is 0.374. The number of pyridine rings is 1. The van der Waals surface area contributed by atoms with Gasteiger partial charge in [0.05, 0.1) is 17.5 Å². The quantitative estimate of drug-likeness (QED) is 0.703. The number of rotatable bonds is 6. The first-order valence-electron chi connectivity index (χ1n) is 9.47. The van der Waals surface area contributed by atoms with E-state index in [1.807, 2.05) is 13.0 Å². The van der Waals surface area contributed by atoms with Crippen molar-refractivity contribution in [2.45, 2.75) is 24.5 Å². The van der Waals surface area contributed by atoms with Crippen LogP contribution < -0.4 is 5.32 Å². The standard InChI is InChI=1S/C20H26N4O4S/c1-16-4-6-19(7-5-16)29(27,28)24-10-9-23(13-18(25)14-24)15-20(26)22-12-17-3-2-8-21-11-17/h2-8,11,18,25H,9-10,12-15H2,1H3,(H,22,26). The van der Waals surface area contributed by atoms with E-state index in [2.05, 4.69) is 10.3 Å². The van der Waals surface area contributed by atoms with E-state index >= 15 is 0 Å². The Morgan fingerprint density at radius 3 is 2.66 bits per heavy atom. The predicted molar refractivity (Wildman–Crippen MR) is 108 cm³/mol. The van der Waals surface area contributed by atoms with Crippen molar-refractivity contribution in [2.75, 3.05) is 32.7 Å². The lowest BCUT2D eigenvalue weighted by atomic mass is 10.2. The molecule has 0 aliphatic carbocycles. The SMILES string of the molecule is Cc1ccc(S(=O)(=O)N2CCN(CC(=O)NCc3cccnc3)CC(O)C2)cc1. The number of aliphatic hydroxyl groups is 1. The average Bonchev–Trinajstić information content (AvgIpc) is 2.89. The number of sulfonamides is 1. The molecule has 0 saturated carbocycles. The minimum absolute atomic E-state index is 0.00398. The molecule has 0 bridgehead atoms. The first kappa shape index (κ1) is 21.4. The molecule has 1 aliphatic rings. The summed E-state index contributed by atoms with van der Waals surface area (Å²) >= 11 is 0. The van der Waals surface area contributed by atoms with Gasteiger partial charge in [-0.3, -0.25) is 14.7 Å². The van der Waals surface area contributed by atoms with Crippen LogP contribution in [-0.4, -0.2) is 72.4 Å². The summed E-state index contributed by atoms with van der Waals surface area (Å²) in [5.74, 6) is -0.184. The molecule has 0 spiro atoms. The summed E-state index contributed by atoms with van der Waals surface area (Å²) in [5, 5.41) is 13.1. The first-order valence-corrected chi connectivity index (χ1v) is 10.9. The molecule has 1 atom stereocenters. The Morgan fingerprint density at radius 1 is 1.21 bits per heavy atom. The number of carbonyl (C=O) groups is 1. The molecule has 29 heavy (non-hydrogen) atoms. The average molecular weight is 419 g/mol. The molecule has 156 valence electrons. The number of aromatic nitrogens is 1. The Kier molecular flexibility index (Phi) is 6.96. The van der Waals surface area contributed by atoms with Crippen molar-refractivity contribution < 1.29 is 18.3 Å². The second-order valence-corrected chi connectivity index (χ2v) is 9.14. The third-order valence-electron chi connectivity index (χ3n) is 4.79. The van der Waals surface area contributed by atoms with Crippen LogP contribution in [0.3, 0.4) is 0 Å². The van der Waals surface area contributed by atoms with E-state index < -0.39 is 16.1 Å². The van der Waals surface area contributed by atoms with Gasteiger partial charge in [0.2, 0.25) is 15.9 Å². The minimum Gasteiger partial charge on any atom is -0.390 e. The lowest BCUT2D eigenvalue weighted by molar-refractivity contribution is -0.122. The Labute approximate surface area is 171 Å². The monoisotopic (exact) mass is 418 g/mol. The molecular weight excluding hydrogens is 392 g/mol. The zero-order valence-electron chi connectivity index (χ0n) is 16.4. The number of hydrogen-bond donors (Lipinski definition) is 2. The van der Waals surface area contributed by atoms with Crippen molar-refractivity contribution in [3.05, 3.63) is 59.9 Å². The normalized spacial score (nSPS) is 18.9. The molecule has 2 N–H and O–H groups in total. The van der Waals surface area contributed by atoms with Gasteiger partial charge < -0.3 is 10.4 Å². The zero-order valence-corrected chi connectivity index (χ0v) is 17.2. The second-order valence-electron chi connectivity index (χ2n) is 7.20. The van der Waals surface area contributed by atoms with Crippen molar-refractivity contribution in [2.24, 2.45) is 0 Å². The van der Waals surface area contributed by atoms with Crippen LogP contribution in [0.1, 0.15) is 11.1 Å². The van der Waals surface area contributed by atoms with E-state index in [1.54, 1.807) is 47.6 Å². The zero-order chi connectivity index (χ0) is 20.9. The highest BCUT2D eigenvalue weighted by atomic mass is 32.2. The van der Waals surface area contributed by atoms with Gasteiger partial charge in [-0.1, -0.05) is 23.8 Å². The highest BCUT2D eigenvalue weighted by Gasteiger charge is 2.30. The van der Waals surface area contributed by atoms with Gasteiger partial charge in [-0.25, -0.2) is 8.42 Å². The summed E-state index contributed by atoms with van der Waals surface area (Å²) in [7, 11) is -3.69. The van der Waals surface area contributed by atoms with Crippen molar-refractivity contribution >= 4 is 15.9 Å². The van der Waals surface area contributed by atoms with Crippen molar-refractivity contribution in [1.29, 1.82) is 0 Å². The fraction of sp³-hybridized carbons (Fsp3) is 0.400. The molecule has 1 aromatic carbocycles. The lowest BCUT2D eigenvalue weighted by Crippen LogP contribution is -2.40. The van der Waals surface area contributed by atoms with Crippen LogP contribution in [0, 0.1) is 6.92 Å². The highest BCUT2D eigenvalue weighted by Crippen LogP contribution is 2.18. The van der Waals surface area contributed by atoms with Crippen LogP contribution in [0.15, 0.2) is 53.7 Å². The second kappa shape index (κ2) is 9.45. The summed E-state index contributed by atoms with van der Waals surface area (Å²) in [5.41, 5.74) is 1.87. The Balaban J connectivity index is 1.58. The summed E-state index contributed by atoms with van der Waals surface area (Å²) < 4.78 is 27.1. The molecule has 1 aromatic heterocycles. The van der Waals surface area contributed by atoms with Crippen molar-refractivity contribution in [3.8, 4) is 0 Å². The van der Waals surface area contributed by atoms with Gasteiger partial charge >= 0.3 is 0 Å². The van der Waals surface area contributed by atoms with E-state index in [9.17, 15) is 18.3 Å². The van der Waals surface area contributed by atoms with Gasteiger partial charge in [0.15, 0.2) is 0 Å². The smallest absolute Gasteiger partial charge is 0.243 e. The Morgan fingerprint density at radius 2 is 1.97 bits per heavy atom. The summed E-state index contributed by atoms with van der Waals surface area (Å²) in [6.45, 7) is 3.17. The number of nitrogens with zero attached hydrogens (tertiary/aromatic N) is 3. The van der Waals surface area contributed by atoms with Gasteiger partial charge in [-0.15, -0.1) is 0 Å². The van der Waals surface area contributed by atoms with Gasteiger partial charge in [0.25, 0.3) is 0 Å². The topological polar surface area (TPSA) is 103 Å². The third kappa shape index (κ3) is 5.83. The van der Waals surface area contributed by atoms with Gasteiger partial charge in [0, 0.05) is 45.1 Å². The lowest BCUT2D eigenvalue weighted by Gasteiger charge is -2.21. The van der Waals surface area contributed by atoms with E-state index in [4.69, 9.17) is 0 Å². The molecule has 1 unspecified atom stereocenters. The molecule has 2 aromatic rings. The Bertz CT molecular complexity index is 919. The van der Waals surface area contributed by atoms with Crippen LogP contribution in [0.25, 0.3) is 0 Å². The molecule has 1 amide bonds. The molecule has 8 nitrogen and oxygen atoms in total. The van der Waals surface area contributed by atoms with E-state index in [1.165, 1.54) is 4.31 Å². The maximum atomic E-state index is 12.9. The summed E-state index contributed by atoms with van der Waals surface area (Å²) in [6, 6.07) is 10.3. The molecular formula is C20H26N4O4S. The fourth-order valence-corrected chi connectivity index (χ4v) is 4.68. The number of hydrogen-bond acceptors (Lipinski definition) is 6. The third-order valence-corrected chi connectivity index (χ3v) is 6.67. The van der Waals surface area contributed by atoms with Crippen LogP contribution in [-0.2, 0) is 21.4 Å². The molecule has 1 fully saturated rings. The van der Waals surface area contributed by atoms with Gasteiger partial charge in [-0.05, 0) is 30.7 Å². The number of amides is 1. The number of aliphatic hydroxyl groups excluding tert-OH is 1. The number of β-amino-alcohol motifs (C(OH)–C–C–N with tert-alkyl or cyclic N) is 1. The largest absolute Gasteiger partial charge is 0.390 e. The number of aryl methyl sites for hydroxylation is 1. The van der Waals surface area contributed by atoms with E-state index in [0.29, 0.717) is 13.1 Å². The molecule has 0 radical (unpaired) electrons. The van der Waals surface area contributed by atoms with Crippen molar-refractivity contribution in [3.63, 3.8) is 0 Å². The number of carbonyl (C=O) groups excluding carboxylic acids is 1. The maximum Gasteiger partial charge on any atom is 0.243 e. The molecule has 9 heteroatoms.